The average Bonchev–Trinajstić information content (AvgIpc) is 3.56. The normalized spacial score (nSPS) is 11.5. The van der Waals surface area contributed by atoms with Crippen LogP contribution in [0.5, 0.6) is 11.5 Å². The molecule has 6 aromatic rings. The van der Waals surface area contributed by atoms with E-state index < -0.39 is 0 Å². The molecule has 11 heteroatoms. The van der Waals surface area contributed by atoms with E-state index in [4.69, 9.17) is 24.5 Å². The minimum absolute atomic E-state index is 0.128. The summed E-state index contributed by atoms with van der Waals surface area (Å²) in [5.74, 6) is 2.77. The first-order chi connectivity index (χ1) is 20.3. The Balaban J connectivity index is 1.34. The van der Waals surface area contributed by atoms with E-state index in [1.54, 1.807) is 18.7 Å². The monoisotopic (exact) mass is 581 g/mol. The molecule has 42 heavy (non-hydrogen) atoms. The van der Waals surface area contributed by atoms with Gasteiger partial charge in [-0.1, -0.05) is 41.6 Å². The maximum absolute atomic E-state index is 12.9. The van der Waals surface area contributed by atoms with Crippen LogP contribution in [0.2, 0.25) is 0 Å². The van der Waals surface area contributed by atoms with Crippen LogP contribution in [0.4, 0.5) is 5.69 Å². The van der Waals surface area contributed by atoms with Crippen molar-refractivity contribution in [3.63, 3.8) is 0 Å². The van der Waals surface area contributed by atoms with Crippen LogP contribution in [0.25, 0.3) is 27.6 Å². The zero-order chi connectivity index (χ0) is 29.4. The summed E-state index contributed by atoms with van der Waals surface area (Å²) in [6.45, 7) is 6.69. The molecule has 0 aliphatic heterocycles. The summed E-state index contributed by atoms with van der Waals surface area (Å²) in [5, 5.41) is 9.19. The quantitative estimate of drug-likeness (QED) is 0.175. The minimum Gasteiger partial charge on any atom is -0.493 e. The molecule has 3 heterocycles. The van der Waals surface area contributed by atoms with Crippen molar-refractivity contribution in [2.24, 2.45) is 0 Å². The summed E-state index contributed by atoms with van der Waals surface area (Å²) in [4.78, 5) is 27.4. The van der Waals surface area contributed by atoms with Gasteiger partial charge in [0.2, 0.25) is 5.91 Å². The second kappa shape index (κ2) is 11.3. The number of thioether (sulfide) groups is 1. The van der Waals surface area contributed by atoms with Crippen molar-refractivity contribution in [2.45, 2.75) is 38.9 Å². The number of benzene rings is 3. The average molecular weight is 582 g/mol. The van der Waals surface area contributed by atoms with Gasteiger partial charge in [0.1, 0.15) is 5.82 Å². The maximum Gasteiger partial charge on any atom is 0.234 e. The zero-order valence-electron chi connectivity index (χ0n) is 24.1. The van der Waals surface area contributed by atoms with Crippen molar-refractivity contribution in [3.05, 3.63) is 77.4 Å². The number of rotatable bonds is 9. The van der Waals surface area contributed by atoms with Crippen LogP contribution < -0.4 is 14.8 Å². The van der Waals surface area contributed by atoms with Gasteiger partial charge in [0, 0.05) is 30.1 Å². The molecule has 3 aromatic carbocycles. The number of carbonyl (C=O) groups excluding carboxylic acids is 1. The number of hydrogen-bond acceptors (Lipinski definition) is 8. The molecular formula is C31H31N7O3S. The Bertz CT molecular complexity index is 1960. The Morgan fingerprint density at radius 2 is 1.71 bits per heavy atom. The molecule has 0 aliphatic rings. The van der Waals surface area contributed by atoms with Gasteiger partial charge in [-0.15, -0.1) is 5.10 Å². The molecule has 0 spiro atoms. The first kappa shape index (κ1) is 27.5. The second-order valence-corrected chi connectivity index (χ2v) is 11.0. The van der Waals surface area contributed by atoms with Gasteiger partial charge in [-0.2, -0.15) is 4.52 Å². The number of amides is 1. The number of anilines is 1. The third-order valence-electron chi connectivity index (χ3n) is 7.18. The Labute approximate surface area is 247 Å². The Kier molecular flexibility index (Phi) is 7.42. The number of nitrogens with zero attached hydrogens (tertiary/aromatic N) is 6. The number of imidazole rings is 1. The van der Waals surface area contributed by atoms with E-state index in [2.05, 4.69) is 20.9 Å². The molecule has 214 valence electrons. The van der Waals surface area contributed by atoms with Gasteiger partial charge in [-0.25, -0.2) is 15.0 Å². The minimum atomic E-state index is -0.128. The third kappa shape index (κ3) is 5.23. The largest absolute Gasteiger partial charge is 0.493 e. The molecule has 0 atom stereocenters. The van der Waals surface area contributed by atoms with Gasteiger partial charge in [0.05, 0.1) is 36.5 Å². The topological polar surface area (TPSA) is 108 Å². The van der Waals surface area contributed by atoms with Crippen molar-refractivity contribution in [2.75, 3.05) is 25.3 Å². The number of para-hydroxylation sites is 2. The summed E-state index contributed by atoms with van der Waals surface area (Å²) in [7, 11) is 3.19. The lowest BCUT2D eigenvalue weighted by Crippen LogP contribution is -2.15. The van der Waals surface area contributed by atoms with Crippen molar-refractivity contribution in [1.82, 2.24) is 29.1 Å². The van der Waals surface area contributed by atoms with Gasteiger partial charge in [-0.3, -0.25) is 4.79 Å². The Morgan fingerprint density at radius 3 is 2.50 bits per heavy atom. The summed E-state index contributed by atoms with van der Waals surface area (Å²) >= 11 is 1.31. The second-order valence-electron chi connectivity index (χ2n) is 10.1. The molecule has 0 radical (unpaired) electrons. The smallest absolute Gasteiger partial charge is 0.234 e. The molecular weight excluding hydrogens is 550 g/mol. The van der Waals surface area contributed by atoms with E-state index in [0.717, 1.165) is 39.1 Å². The van der Waals surface area contributed by atoms with Crippen LogP contribution in [0.15, 0.2) is 59.8 Å². The maximum atomic E-state index is 12.9. The SMILES string of the molecule is COc1cc2nc(SCC(=O)Nc3ccc(C)cc3C)n3nc(CCn4c(C)nc5ccccc54)nc3c2cc1OC. The Hall–Kier alpha value is -4.64. The lowest BCUT2D eigenvalue weighted by molar-refractivity contribution is -0.113. The van der Waals surface area contributed by atoms with Crippen LogP contribution in [-0.2, 0) is 17.8 Å². The number of fused-ring (bicyclic) bond motifs is 4. The molecule has 0 saturated heterocycles. The molecule has 0 fully saturated rings. The van der Waals surface area contributed by atoms with E-state index >= 15 is 0 Å². The molecule has 1 N–H and O–H groups in total. The standard InChI is InChI=1S/C31H31N7O3S/c1-18-10-11-22(19(2)14-18)33-29(39)17-42-31-34-24-16-27(41-5)26(40-4)15-21(24)30-35-28(36-38(30)31)12-13-37-20(3)32-23-8-6-7-9-25(23)37/h6-11,14-16H,12-13,17H2,1-5H3,(H,33,39). The van der Waals surface area contributed by atoms with E-state index in [1.165, 1.54) is 11.8 Å². The molecule has 0 aliphatic carbocycles. The van der Waals surface area contributed by atoms with Crippen molar-refractivity contribution in [3.8, 4) is 11.5 Å². The van der Waals surface area contributed by atoms with Gasteiger partial charge >= 0.3 is 0 Å². The van der Waals surface area contributed by atoms with Crippen molar-refractivity contribution < 1.29 is 14.3 Å². The zero-order valence-corrected chi connectivity index (χ0v) is 25.0. The number of hydrogen-bond donors (Lipinski definition) is 1. The number of ether oxygens (including phenoxy) is 2. The molecule has 0 saturated carbocycles. The van der Waals surface area contributed by atoms with Crippen LogP contribution in [0.3, 0.4) is 0 Å². The third-order valence-corrected chi connectivity index (χ3v) is 8.11. The molecule has 6 rings (SSSR count). The van der Waals surface area contributed by atoms with Crippen LogP contribution in [0, 0.1) is 20.8 Å². The van der Waals surface area contributed by atoms with Gasteiger partial charge in [0.25, 0.3) is 0 Å². The van der Waals surface area contributed by atoms with Gasteiger partial charge in [-0.05, 0) is 50.6 Å². The summed E-state index contributed by atoms with van der Waals surface area (Å²) < 4.78 is 15.0. The number of methoxy groups -OCH3 is 2. The predicted octanol–water partition coefficient (Wildman–Crippen LogP) is 5.54. The first-order valence-electron chi connectivity index (χ1n) is 13.6. The fourth-order valence-corrected chi connectivity index (χ4v) is 5.86. The van der Waals surface area contributed by atoms with Gasteiger partial charge in [0.15, 0.2) is 28.1 Å². The highest BCUT2D eigenvalue weighted by Gasteiger charge is 2.19. The Morgan fingerprint density at radius 1 is 0.929 bits per heavy atom. The van der Waals surface area contributed by atoms with Crippen LogP contribution >= 0.6 is 11.8 Å². The first-order valence-corrected chi connectivity index (χ1v) is 14.6. The van der Waals surface area contributed by atoms with E-state index in [-0.39, 0.29) is 11.7 Å². The van der Waals surface area contributed by atoms with Gasteiger partial charge < -0.3 is 19.4 Å². The van der Waals surface area contributed by atoms with Crippen molar-refractivity contribution >= 4 is 50.9 Å². The molecule has 3 aromatic heterocycles. The molecule has 0 bridgehead atoms. The highest BCUT2D eigenvalue weighted by molar-refractivity contribution is 7.99. The predicted molar refractivity (Wildman–Crippen MR) is 165 cm³/mol. The fraction of sp³-hybridized carbons (Fsp3) is 0.258. The van der Waals surface area contributed by atoms with E-state index in [9.17, 15) is 4.79 Å². The lowest BCUT2D eigenvalue weighted by atomic mass is 10.1. The highest BCUT2D eigenvalue weighted by Crippen LogP contribution is 2.34. The van der Waals surface area contributed by atoms with Crippen LogP contribution in [0.1, 0.15) is 22.8 Å². The molecule has 1 amide bonds. The van der Waals surface area contributed by atoms with E-state index in [0.29, 0.717) is 46.6 Å². The highest BCUT2D eigenvalue weighted by atomic mass is 32.2. The summed E-state index contributed by atoms with van der Waals surface area (Å²) in [6, 6.07) is 17.7. The summed E-state index contributed by atoms with van der Waals surface area (Å²) in [6.07, 6.45) is 0.592. The van der Waals surface area contributed by atoms with E-state index in [1.807, 2.05) is 69.3 Å². The number of aryl methyl sites for hydroxylation is 5. The van der Waals surface area contributed by atoms with Crippen LogP contribution in [-0.4, -0.2) is 55.0 Å². The molecule has 0 unspecified atom stereocenters. The number of nitrogens with one attached hydrogen (secondary N) is 1. The number of aromatic nitrogens is 6. The fourth-order valence-electron chi connectivity index (χ4n) is 5.11. The van der Waals surface area contributed by atoms with Crippen molar-refractivity contribution in [1.29, 1.82) is 0 Å². The number of carbonyl (C=O) groups is 1. The molecule has 10 nitrogen and oxygen atoms in total. The summed E-state index contributed by atoms with van der Waals surface area (Å²) in [5.41, 5.74) is 6.31. The lowest BCUT2D eigenvalue weighted by Gasteiger charge is -2.11.